The average Bonchev–Trinajstić information content (AvgIpc) is 2.75. The molecule has 0 radical (unpaired) electrons. The van der Waals surface area contributed by atoms with Crippen LogP contribution in [0, 0.1) is 0 Å². The Balaban J connectivity index is 2.55. The SMILES string of the molecule is C=CCn1cnnc1S[C@@H](C)C(=O)NC(=O)NC(C)C. The smallest absolute Gasteiger partial charge is 0.321 e. The molecule has 2 N–H and O–H groups in total. The highest BCUT2D eigenvalue weighted by Crippen LogP contribution is 2.20. The van der Waals surface area contributed by atoms with Crippen molar-refractivity contribution in [3.63, 3.8) is 0 Å². The molecule has 20 heavy (non-hydrogen) atoms. The molecular formula is C12H19N5O2S. The van der Waals surface area contributed by atoms with Gasteiger partial charge in [-0.15, -0.1) is 16.8 Å². The molecule has 1 aromatic rings. The van der Waals surface area contributed by atoms with E-state index in [1.165, 1.54) is 11.8 Å². The number of hydrogen-bond acceptors (Lipinski definition) is 5. The first kappa shape index (κ1) is 16.2. The van der Waals surface area contributed by atoms with Gasteiger partial charge < -0.3 is 9.88 Å². The van der Waals surface area contributed by atoms with Crippen molar-refractivity contribution in [3.8, 4) is 0 Å². The van der Waals surface area contributed by atoms with E-state index in [9.17, 15) is 9.59 Å². The summed E-state index contributed by atoms with van der Waals surface area (Å²) < 4.78 is 1.77. The van der Waals surface area contributed by atoms with Crippen molar-refractivity contribution in [1.29, 1.82) is 0 Å². The number of aromatic nitrogens is 3. The minimum absolute atomic E-state index is 0.0264. The van der Waals surface area contributed by atoms with Gasteiger partial charge in [0.25, 0.3) is 0 Å². The number of allylic oxidation sites excluding steroid dienone is 1. The highest BCUT2D eigenvalue weighted by atomic mass is 32.2. The number of imide groups is 1. The zero-order valence-corrected chi connectivity index (χ0v) is 12.6. The molecule has 1 aromatic heterocycles. The number of carbonyl (C=O) groups is 2. The summed E-state index contributed by atoms with van der Waals surface area (Å²) in [4.78, 5) is 23.3. The first-order valence-electron chi connectivity index (χ1n) is 6.20. The van der Waals surface area contributed by atoms with Crippen LogP contribution >= 0.6 is 11.8 Å². The maximum Gasteiger partial charge on any atom is 0.321 e. The van der Waals surface area contributed by atoms with E-state index in [-0.39, 0.29) is 11.9 Å². The summed E-state index contributed by atoms with van der Waals surface area (Å²) >= 11 is 1.24. The summed E-state index contributed by atoms with van der Waals surface area (Å²) in [7, 11) is 0. The Bertz CT molecular complexity index is 486. The molecule has 0 aliphatic heterocycles. The van der Waals surface area contributed by atoms with Crippen LogP contribution < -0.4 is 10.6 Å². The lowest BCUT2D eigenvalue weighted by molar-refractivity contribution is -0.119. The van der Waals surface area contributed by atoms with Gasteiger partial charge in [0, 0.05) is 12.6 Å². The fourth-order valence-corrected chi connectivity index (χ4v) is 2.16. The van der Waals surface area contributed by atoms with E-state index in [0.717, 1.165) is 0 Å². The molecule has 0 saturated heterocycles. The van der Waals surface area contributed by atoms with Crippen LogP contribution in [0.4, 0.5) is 4.79 Å². The van der Waals surface area contributed by atoms with Crippen LogP contribution in [0.1, 0.15) is 20.8 Å². The van der Waals surface area contributed by atoms with Crippen molar-refractivity contribution in [2.45, 2.75) is 43.8 Å². The maximum atomic E-state index is 11.9. The molecule has 0 bridgehead atoms. The van der Waals surface area contributed by atoms with Crippen molar-refractivity contribution in [1.82, 2.24) is 25.4 Å². The van der Waals surface area contributed by atoms with Crippen LogP contribution in [0.25, 0.3) is 0 Å². The zero-order valence-electron chi connectivity index (χ0n) is 11.8. The number of hydrogen-bond donors (Lipinski definition) is 2. The van der Waals surface area contributed by atoms with E-state index < -0.39 is 11.3 Å². The molecule has 0 unspecified atom stereocenters. The second-order valence-electron chi connectivity index (χ2n) is 4.43. The third-order valence-corrected chi connectivity index (χ3v) is 3.31. The van der Waals surface area contributed by atoms with Crippen LogP contribution in [0.5, 0.6) is 0 Å². The second kappa shape index (κ2) is 7.68. The predicted molar refractivity (Wildman–Crippen MR) is 77.3 cm³/mol. The highest BCUT2D eigenvalue weighted by Gasteiger charge is 2.19. The van der Waals surface area contributed by atoms with Crippen molar-refractivity contribution in [3.05, 3.63) is 19.0 Å². The second-order valence-corrected chi connectivity index (χ2v) is 5.74. The van der Waals surface area contributed by atoms with Gasteiger partial charge in [-0.1, -0.05) is 17.8 Å². The summed E-state index contributed by atoms with van der Waals surface area (Å²) in [5.74, 6) is -0.374. The third-order valence-electron chi connectivity index (χ3n) is 2.21. The number of nitrogens with one attached hydrogen (secondary N) is 2. The zero-order chi connectivity index (χ0) is 15.1. The van der Waals surface area contributed by atoms with Gasteiger partial charge in [-0.2, -0.15) is 0 Å². The predicted octanol–water partition coefficient (Wildman–Crippen LogP) is 1.18. The van der Waals surface area contributed by atoms with E-state index >= 15 is 0 Å². The van der Waals surface area contributed by atoms with E-state index in [1.807, 2.05) is 13.8 Å². The Morgan fingerprint density at radius 2 is 2.20 bits per heavy atom. The van der Waals surface area contributed by atoms with Gasteiger partial charge in [0.05, 0.1) is 5.25 Å². The number of urea groups is 1. The molecule has 7 nitrogen and oxygen atoms in total. The standard InChI is InChI=1S/C12H19N5O2S/c1-5-6-17-7-13-16-12(17)20-9(4)10(18)15-11(19)14-8(2)3/h5,7-9H,1,6H2,2-4H3,(H2,14,15,18,19)/t9-/m0/s1. The maximum absolute atomic E-state index is 11.9. The van der Waals surface area contributed by atoms with Gasteiger partial charge in [-0.25, -0.2) is 4.79 Å². The van der Waals surface area contributed by atoms with Crippen molar-refractivity contribution < 1.29 is 9.59 Å². The van der Waals surface area contributed by atoms with Gasteiger partial charge in [0.15, 0.2) is 5.16 Å². The number of thioether (sulfide) groups is 1. The van der Waals surface area contributed by atoms with Gasteiger partial charge in [0.2, 0.25) is 5.91 Å². The highest BCUT2D eigenvalue weighted by molar-refractivity contribution is 8.00. The van der Waals surface area contributed by atoms with Crippen LogP contribution in [0.3, 0.4) is 0 Å². The van der Waals surface area contributed by atoms with E-state index in [0.29, 0.717) is 11.7 Å². The van der Waals surface area contributed by atoms with Gasteiger partial charge in [0.1, 0.15) is 6.33 Å². The Kier molecular flexibility index (Phi) is 6.23. The number of rotatable bonds is 6. The Labute approximate surface area is 122 Å². The van der Waals surface area contributed by atoms with Gasteiger partial charge in [-0.3, -0.25) is 10.1 Å². The van der Waals surface area contributed by atoms with Gasteiger partial charge >= 0.3 is 6.03 Å². The minimum Gasteiger partial charge on any atom is -0.336 e. The fourth-order valence-electron chi connectivity index (χ4n) is 1.32. The quantitative estimate of drug-likeness (QED) is 0.608. The summed E-state index contributed by atoms with van der Waals surface area (Å²) in [6.45, 7) is 9.55. The van der Waals surface area contributed by atoms with Crippen LogP contribution in [-0.2, 0) is 11.3 Å². The Morgan fingerprint density at radius 1 is 1.50 bits per heavy atom. The fraction of sp³-hybridized carbons (Fsp3) is 0.500. The molecule has 0 saturated carbocycles. The minimum atomic E-state index is -0.495. The van der Waals surface area contributed by atoms with Crippen molar-refractivity contribution in [2.75, 3.05) is 0 Å². The molecule has 1 heterocycles. The van der Waals surface area contributed by atoms with Crippen LogP contribution in [-0.4, -0.2) is 38.0 Å². The summed E-state index contributed by atoms with van der Waals surface area (Å²) in [5, 5.41) is 12.7. The van der Waals surface area contributed by atoms with Crippen LogP contribution in [0.15, 0.2) is 24.1 Å². The molecule has 0 aliphatic carbocycles. The summed E-state index contributed by atoms with van der Waals surface area (Å²) in [5.41, 5.74) is 0. The van der Waals surface area contributed by atoms with Crippen LogP contribution in [0.2, 0.25) is 0 Å². The third kappa shape index (κ3) is 5.04. The molecule has 0 spiro atoms. The molecule has 110 valence electrons. The van der Waals surface area contributed by atoms with E-state index in [4.69, 9.17) is 0 Å². The van der Waals surface area contributed by atoms with Crippen molar-refractivity contribution in [2.24, 2.45) is 0 Å². The number of nitrogens with zero attached hydrogens (tertiary/aromatic N) is 3. The lowest BCUT2D eigenvalue weighted by Gasteiger charge is -2.13. The normalized spacial score (nSPS) is 12.0. The lowest BCUT2D eigenvalue weighted by Crippen LogP contribution is -2.45. The first-order chi connectivity index (χ1) is 9.43. The van der Waals surface area contributed by atoms with E-state index in [1.54, 1.807) is 23.9 Å². The molecule has 0 aromatic carbocycles. The molecule has 0 fully saturated rings. The lowest BCUT2D eigenvalue weighted by atomic mass is 10.4. The largest absolute Gasteiger partial charge is 0.336 e. The van der Waals surface area contributed by atoms with Crippen molar-refractivity contribution >= 4 is 23.7 Å². The molecule has 0 aliphatic rings. The number of carbonyl (C=O) groups excluding carboxylic acids is 2. The first-order valence-corrected chi connectivity index (χ1v) is 7.08. The Hall–Kier alpha value is -1.83. The van der Waals surface area contributed by atoms with Gasteiger partial charge in [-0.05, 0) is 20.8 Å². The number of amides is 3. The molecule has 1 atom stereocenters. The van der Waals surface area contributed by atoms with E-state index in [2.05, 4.69) is 27.4 Å². The summed E-state index contributed by atoms with van der Waals surface area (Å²) in [6, 6.07) is -0.522. The Morgan fingerprint density at radius 3 is 2.80 bits per heavy atom. The molecule has 8 heteroatoms. The molecule has 1 rings (SSSR count). The topological polar surface area (TPSA) is 88.9 Å². The average molecular weight is 297 g/mol. The monoisotopic (exact) mass is 297 g/mol. The molecule has 3 amide bonds. The summed E-state index contributed by atoms with van der Waals surface area (Å²) in [6.07, 6.45) is 3.29. The molecular weight excluding hydrogens is 278 g/mol.